The standard InChI is InChI=1S/C7H9N3O2.CHF3O3S/c1-8-7-4-3-6(10(11)12)5-9(7)2;2-1(3,4)8(5,6)7/h3-5H,1-2H3;(H,5,6,7). The predicted octanol–water partition coefficient (Wildman–Crippen LogP) is 0.512. The van der Waals surface area contributed by atoms with Crippen molar-refractivity contribution in [2.75, 3.05) is 12.4 Å². The van der Waals surface area contributed by atoms with Crippen molar-refractivity contribution in [3.05, 3.63) is 28.4 Å². The zero-order valence-corrected chi connectivity index (χ0v) is 11.0. The summed E-state index contributed by atoms with van der Waals surface area (Å²) in [6.07, 6.45) is 1.46. The summed E-state index contributed by atoms with van der Waals surface area (Å²) >= 11 is 0. The fourth-order valence-electron chi connectivity index (χ4n) is 0.961. The molecule has 0 unspecified atom stereocenters. The second-order valence-corrected chi connectivity index (χ2v) is 4.66. The third kappa shape index (κ3) is 5.36. The largest absolute Gasteiger partial charge is 0.741 e. The Morgan fingerprint density at radius 2 is 1.80 bits per heavy atom. The molecule has 1 aromatic heterocycles. The van der Waals surface area contributed by atoms with Gasteiger partial charge < -0.3 is 4.55 Å². The fraction of sp³-hybridized carbons (Fsp3) is 0.375. The number of aryl methyl sites for hydroxylation is 1. The van der Waals surface area contributed by atoms with Crippen LogP contribution < -0.4 is 9.88 Å². The molecule has 1 rings (SSSR count). The minimum atomic E-state index is -6.09. The van der Waals surface area contributed by atoms with E-state index >= 15 is 0 Å². The van der Waals surface area contributed by atoms with E-state index in [9.17, 15) is 23.3 Å². The van der Waals surface area contributed by atoms with Gasteiger partial charge in [-0.2, -0.15) is 13.2 Å². The Morgan fingerprint density at radius 3 is 2.05 bits per heavy atom. The summed E-state index contributed by atoms with van der Waals surface area (Å²) in [7, 11) is -2.58. The number of halogens is 3. The first kappa shape index (κ1) is 18.0. The molecule has 8 nitrogen and oxygen atoms in total. The van der Waals surface area contributed by atoms with Gasteiger partial charge in [0.25, 0.3) is 5.82 Å². The molecule has 0 aromatic carbocycles. The molecule has 0 bridgehead atoms. The first-order valence-corrected chi connectivity index (χ1v) is 6.15. The van der Waals surface area contributed by atoms with Crippen molar-refractivity contribution < 1.29 is 35.6 Å². The predicted molar refractivity (Wildman–Crippen MR) is 59.6 cm³/mol. The average Bonchev–Trinajstić information content (AvgIpc) is 2.26. The molecule has 114 valence electrons. The first-order valence-electron chi connectivity index (χ1n) is 4.74. The van der Waals surface area contributed by atoms with Crippen LogP contribution in [0.5, 0.6) is 0 Å². The molecule has 0 fully saturated rings. The average molecular weight is 317 g/mol. The number of aromatic nitrogens is 1. The molecule has 0 aliphatic rings. The second kappa shape index (κ2) is 6.47. The summed E-state index contributed by atoms with van der Waals surface area (Å²) in [6.45, 7) is 0. The Bertz CT molecular complexity index is 588. The smallest absolute Gasteiger partial charge is 0.485 e. The van der Waals surface area contributed by atoms with E-state index in [2.05, 4.69) is 5.32 Å². The van der Waals surface area contributed by atoms with Crippen LogP contribution in [0.1, 0.15) is 0 Å². The molecule has 0 atom stereocenters. The van der Waals surface area contributed by atoms with Crippen LogP contribution in [0.4, 0.5) is 24.7 Å². The number of rotatable bonds is 2. The minimum absolute atomic E-state index is 0.0940. The van der Waals surface area contributed by atoms with Gasteiger partial charge in [0.2, 0.25) is 0 Å². The third-order valence-corrected chi connectivity index (χ3v) is 2.44. The van der Waals surface area contributed by atoms with E-state index in [1.54, 1.807) is 24.7 Å². The van der Waals surface area contributed by atoms with Crippen molar-refractivity contribution in [2.45, 2.75) is 5.51 Å². The molecule has 1 heterocycles. The number of nitrogens with one attached hydrogen (secondary N) is 1. The van der Waals surface area contributed by atoms with Crippen molar-refractivity contribution in [1.29, 1.82) is 0 Å². The van der Waals surface area contributed by atoms with Crippen LogP contribution in [0.3, 0.4) is 0 Å². The van der Waals surface area contributed by atoms with E-state index in [0.717, 1.165) is 5.82 Å². The maximum absolute atomic E-state index is 10.7. The van der Waals surface area contributed by atoms with Gasteiger partial charge >= 0.3 is 11.2 Å². The number of hydrogen-bond donors (Lipinski definition) is 1. The van der Waals surface area contributed by atoms with Gasteiger partial charge in [-0.3, -0.25) is 15.4 Å². The SMILES string of the molecule is CNc1ccc([N+](=O)[O-])c[n+]1C.O=S(=O)([O-])C(F)(F)F. The van der Waals surface area contributed by atoms with Gasteiger partial charge in [0.05, 0.1) is 19.0 Å². The van der Waals surface area contributed by atoms with Crippen molar-refractivity contribution in [1.82, 2.24) is 0 Å². The highest BCUT2D eigenvalue weighted by molar-refractivity contribution is 7.86. The summed E-state index contributed by atoms with van der Waals surface area (Å²) in [6, 6.07) is 3.13. The lowest BCUT2D eigenvalue weighted by Crippen LogP contribution is -2.31. The molecular formula is C8H10F3N3O5S. The van der Waals surface area contributed by atoms with Crippen molar-refractivity contribution >= 4 is 21.6 Å². The highest BCUT2D eigenvalue weighted by Gasteiger charge is 2.36. The summed E-state index contributed by atoms with van der Waals surface area (Å²) in [5.41, 5.74) is -5.55. The van der Waals surface area contributed by atoms with Crippen LogP contribution in [0.2, 0.25) is 0 Å². The van der Waals surface area contributed by atoms with E-state index in [4.69, 9.17) is 13.0 Å². The Hall–Kier alpha value is -1.95. The van der Waals surface area contributed by atoms with Gasteiger partial charge in [-0.15, -0.1) is 0 Å². The van der Waals surface area contributed by atoms with Crippen molar-refractivity contribution in [2.24, 2.45) is 7.05 Å². The molecule has 0 spiro atoms. The highest BCUT2D eigenvalue weighted by Crippen LogP contribution is 2.20. The van der Waals surface area contributed by atoms with Gasteiger partial charge in [0.15, 0.2) is 16.3 Å². The fourth-order valence-corrected chi connectivity index (χ4v) is 0.961. The first-order chi connectivity index (χ1) is 8.90. The lowest BCUT2D eigenvalue weighted by atomic mass is 10.4. The molecule has 20 heavy (non-hydrogen) atoms. The summed E-state index contributed by atoms with van der Waals surface area (Å²) < 4.78 is 60.6. The normalized spacial score (nSPS) is 11.3. The molecule has 0 saturated carbocycles. The number of anilines is 1. The molecular weight excluding hydrogens is 307 g/mol. The molecule has 0 amide bonds. The van der Waals surface area contributed by atoms with Crippen LogP contribution in [0, 0.1) is 10.1 Å². The number of nitro groups is 1. The molecule has 0 saturated heterocycles. The van der Waals surface area contributed by atoms with Gasteiger partial charge in [-0.25, -0.2) is 13.0 Å². The van der Waals surface area contributed by atoms with Gasteiger partial charge in [-0.1, -0.05) is 0 Å². The number of hydrogen-bond acceptors (Lipinski definition) is 6. The Kier molecular flexibility index (Phi) is 5.84. The van der Waals surface area contributed by atoms with Crippen LogP contribution >= 0.6 is 0 Å². The molecule has 0 aliphatic heterocycles. The van der Waals surface area contributed by atoms with Crippen LogP contribution in [-0.4, -0.2) is 30.4 Å². The zero-order chi connectivity index (χ0) is 16.1. The Balaban J connectivity index is 0.000000396. The lowest BCUT2D eigenvalue weighted by molar-refractivity contribution is -0.660. The number of pyridine rings is 1. The van der Waals surface area contributed by atoms with E-state index < -0.39 is 20.5 Å². The number of nitrogens with zero attached hydrogens (tertiary/aromatic N) is 2. The van der Waals surface area contributed by atoms with E-state index in [1.807, 2.05) is 0 Å². The van der Waals surface area contributed by atoms with Crippen LogP contribution in [0.15, 0.2) is 18.3 Å². The topological polar surface area (TPSA) is 116 Å². The van der Waals surface area contributed by atoms with E-state index in [0.29, 0.717) is 0 Å². The quantitative estimate of drug-likeness (QED) is 0.279. The van der Waals surface area contributed by atoms with Gasteiger partial charge in [0, 0.05) is 12.1 Å². The van der Waals surface area contributed by atoms with Crippen LogP contribution in [-0.2, 0) is 17.2 Å². The summed E-state index contributed by atoms with van der Waals surface area (Å²) in [4.78, 5) is 9.91. The Labute approximate surface area is 111 Å². The lowest BCUT2D eigenvalue weighted by Gasteiger charge is -2.08. The van der Waals surface area contributed by atoms with Gasteiger partial charge in [-0.05, 0) is 0 Å². The van der Waals surface area contributed by atoms with Crippen LogP contribution in [0.25, 0.3) is 0 Å². The van der Waals surface area contributed by atoms with E-state index in [1.165, 1.54) is 12.3 Å². The molecule has 1 N–H and O–H groups in total. The third-order valence-electron chi connectivity index (χ3n) is 1.87. The van der Waals surface area contributed by atoms with Gasteiger partial charge in [0.1, 0.15) is 0 Å². The summed E-state index contributed by atoms with van der Waals surface area (Å²) in [5.74, 6) is 0.834. The zero-order valence-electron chi connectivity index (χ0n) is 10.2. The molecule has 0 radical (unpaired) electrons. The monoisotopic (exact) mass is 317 g/mol. The maximum Gasteiger partial charge on any atom is 0.485 e. The second-order valence-electron chi connectivity index (χ2n) is 3.29. The Morgan fingerprint density at radius 1 is 1.35 bits per heavy atom. The van der Waals surface area contributed by atoms with E-state index in [-0.39, 0.29) is 5.69 Å². The molecule has 0 aliphatic carbocycles. The van der Waals surface area contributed by atoms with Crippen molar-refractivity contribution in [3.63, 3.8) is 0 Å². The molecule has 1 aromatic rings. The molecule has 12 heteroatoms. The number of alkyl halides is 3. The highest BCUT2D eigenvalue weighted by atomic mass is 32.2. The minimum Gasteiger partial charge on any atom is -0.741 e. The summed E-state index contributed by atoms with van der Waals surface area (Å²) in [5, 5.41) is 13.2. The maximum atomic E-state index is 10.7. The van der Waals surface area contributed by atoms with Crippen molar-refractivity contribution in [3.8, 4) is 0 Å².